The van der Waals surface area contributed by atoms with Gasteiger partial charge in [-0.1, -0.05) is 6.07 Å². The Morgan fingerprint density at radius 1 is 1.26 bits per heavy atom. The van der Waals surface area contributed by atoms with Gasteiger partial charge in [0.25, 0.3) is 0 Å². The lowest BCUT2D eigenvalue weighted by atomic mass is 9.97. The molecule has 4 nitrogen and oxygen atoms in total. The van der Waals surface area contributed by atoms with Crippen LogP contribution in [-0.2, 0) is 22.6 Å². The summed E-state index contributed by atoms with van der Waals surface area (Å²) in [5, 5.41) is 0. The summed E-state index contributed by atoms with van der Waals surface area (Å²) in [6, 6.07) is 4.77. The molecule has 124 valence electrons. The first kappa shape index (κ1) is 16.0. The van der Waals surface area contributed by atoms with Crippen molar-refractivity contribution in [3.63, 3.8) is 0 Å². The molecule has 23 heavy (non-hydrogen) atoms. The summed E-state index contributed by atoms with van der Waals surface area (Å²) in [5.41, 5.74) is 1.72. The van der Waals surface area contributed by atoms with Gasteiger partial charge in [-0.15, -0.1) is 0 Å². The zero-order valence-corrected chi connectivity index (χ0v) is 13.9. The quantitative estimate of drug-likeness (QED) is 0.797. The van der Waals surface area contributed by atoms with Crippen LogP contribution in [-0.4, -0.2) is 40.2 Å². The molecule has 1 atom stereocenters. The predicted molar refractivity (Wildman–Crippen MR) is 85.1 cm³/mol. The van der Waals surface area contributed by atoms with Crippen molar-refractivity contribution in [2.45, 2.75) is 45.7 Å². The maximum absolute atomic E-state index is 13.4. The summed E-state index contributed by atoms with van der Waals surface area (Å²) in [6.07, 6.45) is 1.02. The van der Waals surface area contributed by atoms with Crippen molar-refractivity contribution in [1.29, 1.82) is 0 Å². The Balaban J connectivity index is 1.72. The zero-order valence-electron chi connectivity index (χ0n) is 13.9. The van der Waals surface area contributed by atoms with Gasteiger partial charge in [-0.05, 0) is 50.5 Å². The van der Waals surface area contributed by atoms with Crippen LogP contribution in [0.25, 0.3) is 0 Å². The zero-order chi connectivity index (χ0) is 16.8. The second-order valence-corrected chi connectivity index (χ2v) is 7.50. The molecule has 1 aromatic rings. The van der Waals surface area contributed by atoms with E-state index in [1.807, 2.05) is 20.8 Å². The molecule has 0 spiro atoms. The van der Waals surface area contributed by atoms with Crippen LogP contribution in [0, 0.1) is 11.7 Å². The van der Waals surface area contributed by atoms with Gasteiger partial charge >= 0.3 is 0 Å². The Bertz CT molecular complexity index is 651. The number of carbonyl (C=O) groups excluding carboxylic acids is 2. The molecule has 0 unspecified atom stereocenters. The van der Waals surface area contributed by atoms with E-state index in [2.05, 4.69) is 0 Å². The fourth-order valence-electron chi connectivity index (χ4n) is 3.49. The first-order valence-electron chi connectivity index (χ1n) is 8.12. The molecule has 2 amide bonds. The van der Waals surface area contributed by atoms with Crippen LogP contribution in [0.1, 0.15) is 38.3 Å². The van der Waals surface area contributed by atoms with E-state index in [9.17, 15) is 14.0 Å². The minimum absolute atomic E-state index is 0.0139. The van der Waals surface area contributed by atoms with Crippen molar-refractivity contribution < 1.29 is 14.0 Å². The molecule has 0 bridgehead atoms. The molecule has 3 rings (SSSR count). The van der Waals surface area contributed by atoms with E-state index >= 15 is 0 Å². The summed E-state index contributed by atoms with van der Waals surface area (Å²) in [7, 11) is 0. The van der Waals surface area contributed by atoms with Crippen LogP contribution >= 0.6 is 0 Å². The van der Waals surface area contributed by atoms with Crippen LogP contribution in [0.2, 0.25) is 0 Å². The Kier molecular flexibility index (Phi) is 3.90. The highest BCUT2D eigenvalue weighted by Gasteiger charge is 2.41. The number of amides is 2. The number of fused-ring (bicyclic) bond motifs is 1. The minimum Gasteiger partial charge on any atom is -0.338 e. The molecule has 5 heteroatoms. The molecule has 1 fully saturated rings. The van der Waals surface area contributed by atoms with Crippen molar-refractivity contribution in [2.75, 3.05) is 13.1 Å². The normalized spacial score (nSPS) is 21.6. The fourth-order valence-corrected chi connectivity index (χ4v) is 3.49. The van der Waals surface area contributed by atoms with Crippen LogP contribution in [0.3, 0.4) is 0 Å². The fraction of sp³-hybridized carbons (Fsp3) is 0.556. The standard InChI is InChI=1S/C18H23FN2O2/c1-18(2,3)21-11-14(9-16(21)22)17(23)20-7-6-12-4-5-15(19)8-13(12)10-20/h4-5,8,14H,6-7,9-11H2,1-3H3/t14-/m0/s1. The van der Waals surface area contributed by atoms with E-state index in [-0.39, 0.29) is 35.5 Å². The Morgan fingerprint density at radius 2 is 2.00 bits per heavy atom. The van der Waals surface area contributed by atoms with Gasteiger partial charge in [0.2, 0.25) is 11.8 Å². The maximum atomic E-state index is 13.4. The number of likely N-dealkylation sites (tertiary alicyclic amines) is 1. The molecule has 1 aromatic carbocycles. The molecule has 2 aliphatic heterocycles. The highest BCUT2D eigenvalue weighted by atomic mass is 19.1. The molecule has 0 saturated carbocycles. The van der Waals surface area contributed by atoms with Crippen molar-refractivity contribution in [2.24, 2.45) is 5.92 Å². The van der Waals surface area contributed by atoms with Gasteiger partial charge in [-0.3, -0.25) is 9.59 Å². The summed E-state index contributed by atoms with van der Waals surface area (Å²) in [4.78, 5) is 28.5. The monoisotopic (exact) mass is 318 g/mol. The number of benzene rings is 1. The number of halogens is 1. The molecule has 1 saturated heterocycles. The SMILES string of the molecule is CC(C)(C)N1C[C@@H](C(=O)N2CCc3ccc(F)cc3C2)CC1=O. The van der Waals surface area contributed by atoms with E-state index in [4.69, 9.17) is 0 Å². The lowest BCUT2D eigenvalue weighted by Gasteiger charge is -2.33. The number of carbonyl (C=O) groups is 2. The minimum atomic E-state index is -0.281. The van der Waals surface area contributed by atoms with E-state index in [1.54, 1.807) is 15.9 Å². The van der Waals surface area contributed by atoms with Crippen LogP contribution in [0.4, 0.5) is 4.39 Å². The average Bonchev–Trinajstić information content (AvgIpc) is 2.87. The molecule has 0 aliphatic carbocycles. The number of nitrogens with zero attached hydrogens (tertiary/aromatic N) is 2. The van der Waals surface area contributed by atoms with Gasteiger partial charge in [-0.2, -0.15) is 0 Å². The summed E-state index contributed by atoms with van der Waals surface area (Å²) < 4.78 is 13.4. The average molecular weight is 318 g/mol. The first-order chi connectivity index (χ1) is 10.8. The lowest BCUT2D eigenvalue weighted by Crippen LogP contribution is -2.44. The van der Waals surface area contributed by atoms with Crippen LogP contribution in [0.5, 0.6) is 0 Å². The van der Waals surface area contributed by atoms with Gasteiger partial charge < -0.3 is 9.80 Å². The lowest BCUT2D eigenvalue weighted by molar-refractivity contribution is -0.136. The van der Waals surface area contributed by atoms with Crippen molar-refractivity contribution in [3.05, 3.63) is 35.1 Å². The van der Waals surface area contributed by atoms with Gasteiger partial charge in [0.15, 0.2) is 0 Å². The molecule has 2 heterocycles. The number of hydrogen-bond donors (Lipinski definition) is 0. The van der Waals surface area contributed by atoms with Gasteiger partial charge in [0.1, 0.15) is 5.82 Å². The summed E-state index contributed by atoms with van der Waals surface area (Å²) in [6.45, 7) is 7.50. The topological polar surface area (TPSA) is 40.6 Å². The first-order valence-corrected chi connectivity index (χ1v) is 8.12. The summed E-state index contributed by atoms with van der Waals surface area (Å²) in [5.74, 6) is -0.496. The van der Waals surface area contributed by atoms with Gasteiger partial charge in [-0.25, -0.2) is 4.39 Å². The van der Waals surface area contributed by atoms with E-state index in [0.717, 1.165) is 17.5 Å². The Hall–Kier alpha value is -1.91. The van der Waals surface area contributed by atoms with E-state index in [0.29, 0.717) is 19.6 Å². The van der Waals surface area contributed by atoms with Gasteiger partial charge in [0, 0.05) is 31.6 Å². The van der Waals surface area contributed by atoms with Crippen molar-refractivity contribution in [3.8, 4) is 0 Å². The second-order valence-electron chi connectivity index (χ2n) is 7.50. The van der Waals surface area contributed by atoms with E-state index in [1.165, 1.54) is 12.1 Å². The third-order valence-electron chi connectivity index (χ3n) is 4.78. The van der Waals surface area contributed by atoms with Gasteiger partial charge in [0.05, 0.1) is 5.92 Å². The number of rotatable bonds is 1. The second kappa shape index (κ2) is 5.62. The molecule has 2 aliphatic rings. The molecular formula is C18H23FN2O2. The van der Waals surface area contributed by atoms with Crippen LogP contribution < -0.4 is 0 Å². The summed E-state index contributed by atoms with van der Waals surface area (Å²) >= 11 is 0. The van der Waals surface area contributed by atoms with Crippen molar-refractivity contribution in [1.82, 2.24) is 9.80 Å². The highest BCUT2D eigenvalue weighted by molar-refractivity contribution is 5.89. The molecule has 0 radical (unpaired) electrons. The van der Waals surface area contributed by atoms with Crippen LogP contribution in [0.15, 0.2) is 18.2 Å². The Morgan fingerprint density at radius 3 is 2.65 bits per heavy atom. The molecule has 0 N–H and O–H groups in total. The third-order valence-corrected chi connectivity index (χ3v) is 4.78. The third kappa shape index (κ3) is 3.09. The van der Waals surface area contributed by atoms with E-state index < -0.39 is 0 Å². The van der Waals surface area contributed by atoms with Crippen molar-refractivity contribution >= 4 is 11.8 Å². The molecule has 0 aromatic heterocycles. The highest BCUT2D eigenvalue weighted by Crippen LogP contribution is 2.29. The Labute approximate surface area is 136 Å². The maximum Gasteiger partial charge on any atom is 0.228 e. The number of hydrogen-bond acceptors (Lipinski definition) is 2. The molecular weight excluding hydrogens is 295 g/mol. The predicted octanol–water partition coefficient (Wildman–Crippen LogP) is 2.36. The largest absolute Gasteiger partial charge is 0.338 e. The smallest absolute Gasteiger partial charge is 0.228 e.